The largest absolute Gasteiger partial charge is 0.332 e. The fourth-order valence-corrected chi connectivity index (χ4v) is 2.88. The van der Waals surface area contributed by atoms with Crippen LogP contribution in [0.15, 0.2) is 78.9 Å². The van der Waals surface area contributed by atoms with E-state index in [-0.39, 0.29) is 17.5 Å². The van der Waals surface area contributed by atoms with Crippen LogP contribution in [0.2, 0.25) is 0 Å². The van der Waals surface area contributed by atoms with Gasteiger partial charge in [-0.2, -0.15) is 0 Å². The smallest absolute Gasteiger partial charge is 0.287 e. The minimum atomic E-state index is -0.434. The minimum Gasteiger partial charge on any atom is -0.332 e. The highest BCUT2D eigenvalue weighted by Crippen LogP contribution is 2.14. The molecule has 3 aromatic carbocycles. The van der Waals surface area contributed by atoms with Crippen molar-refractivity contribution < 1.29 is 18.9 Å². The van der Waals surface area contributed by atoms with Gasteiger partial charge in [-0.15, -0.1) is 0 Å². The van der Waals surface area contributed by atoms with Crippen molar-refractivity contribution in [3.05, 3.63) is 102 Å². The molecule has 3 nitrogen and oxygen atoms in total. The first-order valence-corrected chi connectivity index (χ1v) is 8.81. The molecule has 0 spiro atoms. The van der Waals surface area contributed by atoms with E-state index in [2.05, 4.69) is 5.32 Å². The summed E-state index contributed by atoms with van der Waals surface area (Å²) in [5.41, 5.74) is 2.45. The molecule has 0 bridgehead atoms. The van der Waals surface area contributed by atoms with Crippen LogP contribution in [0.1, 0.15) is 17.2 Å². The molecule has 0 aliphatic rings. The molecule has 0 radical (unpaired) electrons. The van der Waals surface area contributed by atoms with E-state index in [4.69, 9.17) is 0 Å². The third kappa shape index (κ3) is 5.46. The second-order valence-corrected chi connectivity index (χ2v) is 6.29. The number of hydrogen-bond acceptors (Lipinski definition) is 1. The van der Waals surface area contributed by atoms with Crippen LogP contribution < -0.4 is 10.6 Å². The number of halogens is 2. The van der Waals surface area contributed by atoms with Gasteiger partial charge in [-0.05, 0) is 42.0 Å². The van der Waals surface area contributed by atoms with E-state index in [1.807, 2.05) is 35.6 Å². The summed E-state index contributed by atoms with van der Waals surface area (Å²) >= 11 is 0. The highest BCUT2D eigenvalue weighted by Gasteiger charge is 2.23. The molecule has 0 aliphatic heterocycles. The maximum Gasteiger partial charge on any atom is 0.287 e. The molecular weight excluding hydrogens is 346 g/mol. The molecule has 0 unspecified atom stereocenters. The normalized spacial score (nSPS) is 11.8. The van der Waals surface area contributed by atoms with Crippen molar-refractivity contribution in [1.82, 2.24) is 0 Å². The lowest BCUT2D eigenvalue weighted by Gasteiger charge is -2.16. The molecule has 0 saturated heterocycles. The van der Waals surface area contributed by atoms with Crippen molar-refractivity contribution in [2.45, 2.75) is 12.5 Å². The van der Waals surface area contributed by atoms with Gasteiger partial charge in [0.15, 0.2) is 6.04 Å². The van der Waals surface area contributed by atoms with Crippen LogP contribution in [0.25, 0.3) is 0 Å². The number of benzene rings is 3. The highest BCUT2D eigenvalue weighted by atomic mass is 19.1. The van der Waals surface area contributed by atoms with E-state index in [0.717, 1.165) is 11.1 Å². The zero-order valence-electron chi connectivity index (χ0n) is 14.7. The van der Waals surface area contributed by atoms with E-state index in [0.29, 0.717) is 18.7 Å². The summed E-state index contributed by atoms with van der Waals surface area (Å²) in [6, 6.07) is 21.1. The summed E-state index contributed by atoms with van der Waals surface area (Å²) in [5, 5.41) is 4.79. The van der Waals surface area contributed by atoms with Gasteiger partial charge < -0.3 is 10.6 Å². The first kappa shape index (κ1) is 18.7. The van der Waals surface area contributed by atoms with Gasteiger partial charge in [0.05, 0.1) is 6.54 Å². The Morgan fingerprint density at radius 2 is 1.44 bits per heavy atom. The van der Waals surface area contributed by atoms with E-state index in [1.54, 1.807) is 12.1 Å². The molecule has 27 heavy (non-hydrogen) atoms. The summed E-state index contributed by atoms with van der Waals surface area (Å²) in [6.45, 7) is 0.669. The first-order chi connectivity index (χ1) is 13.1. The Balaban J connectivity index is 1.67. The van der Waals surface area contributed by atoms with Gasteiger partial charge in [0.2, 0.25) is 0 Å². The van der Waals surface area contributed by atoms with E-state index in [1.165, 1.54) is 36.4 Å². The molecule has 3 rings (SSSR count). The molecule has 0 aromatic heterocycles. The molecular formula is C22H21F2N2O+. The van der Waals surface area contributed by atoms with E-state index in [9.17, 15) is 13.6 Å². The summed E-state index contributed by atoms with van der Waals surface area (Å²) in [4.78, 5) is 12.8. The molecule has 138 valence electrons. The standard InChI is InChI=1S/C22H20F2N2O/c23-18-8-6-16(7-9-18)14-15-25-21(17-4-2-1-3-5-17)22(27)26-20-12-10-19(24)11-13-20/h1-13,21,25H,14-15H2,(H,26,27)/p+1/t21-/m1/s1. The number of carbonyl (C=O) groups excluding carboxylic acids is 1. The molecule has 0 aliphatic carbocycles. The topological polar surface area (TPSA) is 45.7 Å². The van der Waals surface area contributed by atoms with Gasteiger partial charge >= 0.3 is 0 Å². The summed E-state index contributed by atoms with van der Waals surface area (Å²) in [7, 11) is 0. The van der Waals surface area contributed by atoms with Crippen LogP contribution in [0.4, 0.5) is 14.5 Å². The van der Waals surface area contributed by atoms with Crippen molar-refractivity contribution in [3.63, 3.8) is 0 Å². The molecule has 1 atom stereocenters. The molecule has 3 aromatic rings. The predicted octanol–water partition coefficient (Wildman–Crippen LogP) is 3.45. The molecule has 1 amide bonds. The third-order valence-corrected chi connectivity index (χ3v) is 4.30. The molecule has 3 N–H and O–H groups in total. The second-order valence-electron chi connectivity index (χ2n) is 6.29. The van der Waals surface area contributed by atoms with Crippen LogP contribution in [-0.4, -0.2) is 12.5 Å². The van der Waals surface area contributed by atoms with Crippen molar-refractivity contribution in [2.75, 3.05) is 11.9 Å². The van der Waals surface area contributed by atoms with E-state index < -0.39 is 6.04 Å². The molecule has 0 saturated carbocycles. The fourth-order valence-electron chi connectivity index (χ4n) is 2.88. The summed E-state index contributed by atoms with van der Waals surface area (Å²) in [6.07, 6.45) is 0.716. The number of nitrogens with one attached hydrogen (secondary N) is 1. The Hall–Kier alpha value is -3.05. The highest BCUT2D eigenvalue weighted by molar-refractivity contribution is 5.94. The number of hydrogen-bond donors (Lipinski definition) is 2. The lowest BCUT2D eigenvalue weighted by molar-refractivity contribution is -0.682. The van der Waals surface area contributed by atoms with Gasteiger partial charge in [0, 0.05) is 17.7 Å². The quantitative estimate of drug-likeness (QED) is 0.660. The second kappa shape index (κ2) is 9.05. The number of rotatable bonds is 7. The fraction of sp³-hybridized carbons (Fsp3) is 0.136. The van der Waals surface area contributed by atoms with Gasteiger partial charge in [0.25, 0.3) is 5.91 Å². The zero-order chi connectivity index (χ0) is 19.1. The number of amides is 1. The van der Waals surface area contributed by atoms with Crippen LogP contribution >= 0.6 is 0 Å². The maximum absolute atomic E-state index is 13.1. The van der Waals surface area contributed by atoms with Crippen LogP contribution in [-0.2, 0) is 11.2 Å². The lowest BCUT2D eigenvalue weighted by atomic mass is 10.1. The SMILES string of the molecule is O=C(Nc1ccc(F)cc1)[C@H]([NH2+]CCc1ccc(F)cc1)c1ccccc1. The Morgan fingerprint density at radius 3 is 2.07 bits per heavy atom. The Labute approximate surface area is 157 Å². The molecule has 0 heterocycles. The average molecular weight is 367 g/mol. The first-order valence-electron chi connectivity index (χ1n) is 8.81. The monoisotopic (exact) mass is 367 g/mol. The predicted molar refractivity (Wildman–Crippen MR) is 101 cm³/mol. The van der Waals surface area contributed by atoms with Gasteiger partial charge in [0.1, 0.15) is 11.6 Å². The third-order valence-electron chi connectivity index (χ3n) is 4.30. The molecule has 5 heteroatoms. The van der Waals surface area contributed by atoms with Crippen LogP contribution in [0.5, 0.6) is 0 Å². The Morgan fingerprint density at radius 1 is 0.852 bits per heavy atom. The number of nitrogens with two attached hydrogens (primary N) is 1. The Kier molecular flexibility index (Phi) is 6.28. The number of carbonyl (C=O) groups is 1. The summed E-state index contributed by atoms with van der Waals surface area (Å²) in [5.74, 6) is -0.783. The van der Waals surface area contributed by atoms with Gasteiger partial charge in [-0.3, -0.25) is 4.79 Å². The summed E-state index contributed by atoms with van der Waals surface area (Å²) < 4.78 is 26.1. The van der Waals surface area contributed by atoms with Gasteiger partial charge in [-0.1, -0.05) is 42.5 Å². The maximum atomic E-state index is 13.1. The van der Waals surface area contributed by atoms with Crippen molar-refractivity contribution in [3.8, 4) is 0 Å². The number of quaternary nitrogens is 1. The van der Waals surface area contributed by atoms with Crippen molar-refractivity contribution in [2.24, 2.45) is 0 Å². The Bertz CT molecular complexity index is 865. The van der Waals surface area contributed by atoms with Crippen LogP contribution in [0, 0.1) is 11.6 Å². The minimum absolute atomic E-state index is 0.174. The van der Waals surface area contributed by atoms with Crippen LogP contribution in [0.3, 0.4) is 0 Å². The molecule has 0 fully saturated rings. The number of anilines is 1. The lowest BCUT2D eigenvalue weighted by Crippen LogP contribution is -2.87. The average Bonchev–Trinajstić information content (AvgIpc) is 2.69. The van der Waals surface area contributed by atoms with Gasteiger partial charge in [-0.25, -0.2) is 8.78 Å². The van der Waals surface area contributed by atoms with Crippen molar-refractivity contribution in [1.29, 1.82) is 0 Å². The van der Waals surface area contributed by atoms with Crippen molar-refractivity contribution >= 4 is 11.6 Å². The van der Waals surface area contributed by atoms with E-state index >= 15 is 0 Å². The zero-order valence-corrected chi connectivity index (χ0v) is 14.7.